The molecule has 32 heavy (non-hydrogen) atoms. The van der Waals surface area contributed by atoms with Crippen molar-refractivity contribution in [3.05, 3.63) is 71.1 Å². The van der Waals surface area contributed by atoms with Gasteiger partial charge < -0.3 is 15.0 Å². The van der Waals surface area contributed by atoms with Gasteiger partial charge in [-0.15, -0.1) is 0 Å². The third-order valence-corrected chi connectivity index (χ3v) is 5.85. The lowest BCUT2D eigenvalue weighted by molar-refractivity contribution is -0.141. The van der Waals surface area contributed by atoms with Crippen molar-refractivity contribution in [3.63, 3.8) is 0 Å². The third kappa shape index (κ3) is 5.28. The Morgan fingerprint density at radius 2 is 1.97 bits per heavy atom. The number of carbonyl (C=O) groups is 1. The van der Waals surface area contributed by atoms with Gasteiger partial charge in [-0.25, -0.2) is 14.4 Å². The largest absolute Gasteiger partial charge is 0.433 e. The number of carbonyl (C=O) groups excluding carboxylic acids is 1. The maximum absolute atomic E-state index is 15.0. The Hall–Kier alpha value is -2.92. The van der Waals surface area contributed by atoms with Gasteiger partial charge in [0.25, 0.3) is 5.91 Å². The maximum Gasteiger partial charge on any atom is 0.433 e. The highest BCUT2D eigenvalue weighted by Gasteiger charge is 2.33. The zero-order chi connectivity index (χ0) is 23.6. The van der Waals surface area contributed by atoms with Gasteiger partial charge in [0.2, 0.25) is 0 Å². The van der Waals surface area contributed by atoms with Crippen molar-refractivity contribution >= 4 is 23.4 Å². The van der Waals surface area contributed by atoms with Crippen LogP contribution < -0.4 is 5.32 Å². The molecular formula is C21H20F4N4O2S. The van der Waals surface area contributed by atoms with E-state index in [1.54, 1.807) is 12.4 Å². The second-order valence-electron chi connectivity index (χ2n) is 7.09. The Labute approximate surface area is 185 Å². The number of nitrogens with zero attached hydrogens (tertiary/aromatic N) is 3. The first-order valence-corrected chi connectivity index (χ1v) is 10.4. The molecule has 0 saturated carbocycles. The van der Waals surface area contributed by atoms with E-state index < -0.39 is 35.4 Å². The normalized spacial score (nSPS) is 13.6. The molecule has 0 fully saturated rings. The maximum atomic E-state index is 15.0. The molecule has 0 spiro atoms. The SMILES string of the molecule is CC(O)c1cc(C(C)Sc2nccn2C)cc(NC(=O)c2cccc(C(F)(F)F)n2)c1F. The third-order valence-electron chi connectivity index (χ3n) is 4.62. The number of aryl methyl sites for hydroxylation is 1. The molecule has 1 aromatic carbocycles. The van der Waals surface area contributed by atoms with Crippen molar-refractivity contribution < 1.29 is 27.5 Å². The fourth-order valence-electron chi connectivity index (χ4n) is 2.90. The van der Waals surface area contributed by atoms with Crippen LogP contribution in [0.3, 0.4) is 0 Å². The Balaban J connectivity index is 1.93. The number of amides is 1. The van der Waals surface area contributed by atoms with Crippen LogP contribution in [0.2, 0.25) is 0 Å². The fourth-order valence-corrected chi connectivity index (χ4v) is 3.83. The zero-order valence-electron chi connectivity index (χ0n) is 17.3. The van der Waals surface area contributed by atoms with E-state index in [0.29, 0.717) is 10.7 Å². The minimum Gasteiger partial charge on any atom is -0.389 e. The lowest BCUT2D eigenvalue weighted by atomic mass is 10.0. The standard InChI is InChI=1S/C21H20F4N4O2S/c1-11(30)14-9-13(12(2)32-20-26-7-8-29(20)3)10-16(18(14)22)28-19(31)15-5-4-6-17(27-15)21(23,24)25/h4-12,30H,1-3H3,(H,28,31). The van der Waals surface area contributed by atoms with Crippen LogP contribution in [-0.2, 0) is 13.2 Å². The first-order valence-electron chi connectivity index (χ1n) is 9.48. The highest BCUT2D eigenvalue weighted by atomic mass is 32.2. The average molecular weight is 468 g/mol. The van der Waals surface area contributed by atoms with E-state index in [1.807, 2.05) is 18.5 Å². The van der Waals surface area contributed by atoms with Crippen molar-refractivity contribution in [2.45, 2.75) is 36.5 Å². The average Bonchev–Trinajstić information content (AvgIpc) is 3.13. The summed E-state index contributed by atoms with van der Waals surface area (Å²) in [7, 11) is 1.82. The summed E-state index contributed by atoms with van der Waals surface area (Å²) in [6, 6.07) is 5.75. The van der Waals surface area contributed by atoms with E-state index in [4.69, 9.17) is 0 Å². The van der Waals surface area contributed by atoms with Crippen LogP contribution in [0.25, 0.3) is 0 Å². The van der Waals surface area contributed by atoms with Gasteiger partial charge in [0, 0.05) is 30.3 Å². The molecule has 1 amide bonds. The van der Waals surface area contributed by atoms with Crippen molar-refractivity contribution in [2.75, 3.05) is 5.32 Å². The Morgan fingerprint density at radius 1 is 1.25 bits per heavy atom. The lowest BCUT2D eigenvalue weighted by Gasteiger charge is -2.18. The Bertz CT molecular complexity index is 1130. The first kappa shape index (κ1) is 23.7. The molecule has 2 heterocycles. The lowest BCUT2D eigenvalue weighted by Crippen LogP contribution is -2.18. The molecular weight excluding hydrogens is 448 g/mol. The predicted molar refractivity (Wildman–Crippen MR) is 112 cm³/mol. The van der Waals surface area contributed by atoms with Gasteiger partial charge in [0.1, 0.15) is 11.4 Å². The molecule has 2 N–H and O–H groups in total. The predicted octanol–water partition coefficient (Wildman–Crippen LogP) is 5.13. The van der Waals surface area contributed by atoms with Crippen LogP contribution in [0.5, 0.6) is 0 Å². The summed E-state index contributed by atoms with van der Waals surface area (Å²) in [4.78, 5) is 20.1. The van der Waals surface area contributed by atoms with Crippen molar-refractivity contribution in [2.24, 2.45) is 7.05 Å². The number of nitrogens with one attached hydrogen (secondary N) is 1. The molecule has 3 aromatic rings. The second-order valence-corrected chi connectivity index (χ2v) is 8.40. The van der Waals surface area contributed by atoms with Gasteiger partial charge in [-0.3, -0.25) is 4.79 Å². The first-order chi connectivity index (χ1) is 15.0. The second kappa shape index (κ2) is 9.29. The highest BCUT2D eigenvalue weighted by Crippen LogP contribution is 2.37. The van der Waals surface area contributed by atoms with E-state index in [0.717, 1.165) is 18.2 Å². The van der Waals surface area contributed by atoms with Crippen LogP contribution in [0.15, 0.2) is 47.9 Å². The molecule has 0 saturated heterocycles. The monoisotopic (exact) mass is 468 g/mol. The number of pyridine rings is 1. The number of anilines is 1. The smallest absolute Gasteiger partial charge is 0.389 e. The number of benzene rings is 1. The number of halogens is 4. The fraction of sp³-hybridized carbons (Fsp3) is 0.286. The van der Waals surface area contributed by atoms with Crippen LogP contribution in [0, 0.1) is 5.82 Å². The minimum absolute atomic E-state index is 0.0536. The Morgan fingerprint density at radius 3 is 2.56 bits per heavy atom. The van der Waals surface area contributed by atoms with E-state index in [1.165, 1.54) is 30.8 Å². The minimum atomic E-state index is -4.72. The quantitative estimate of drug-likeness (QED) is 0.387. The number of hydrogen-bond acceptors (Lipinski definition) is 5. The molecule has 0 aliphatic carbocycles. The van der Waals surface area contributed by atoms with Crippen LogP contribution in [0.4, 0.5) is 23.2 Å². The summed E-state index contributed by atoms with van der Waals surface area (Å²) < 4.78 is 55.5. The number of imidazole rings is 1. The number of aliphatic hydroxyl groups is 1. The molecule has 2 unspecified atom stereocenters. The molecule has 0 radical (unpaired) electrons. The topological polar surface area (TPSA) is 80.0 Å². The number of hydrogen-bond donors (Lipinski definition) is 2. The zero-order valence-corrected chi connectivity index (χ0v) is 18.1. The molecule has 170 valence electrons. The molecule has 0 aliphatic heterocycles. The highest BCUT2D eigenvalue weighted by molar-refractivity contribution is 7.99. The molecule has 0 aliphatic rings. The number of aromatic nitrogens is 3. The number of aliphatic hydroxyl groups excluding tert-OH is 1. The van der Waals surface area contributed by atoms with E-state index in [9.17, 15) is 27.5 Å². The summed E-state index contributed by atoms with van der Waals surface area (Å²) in [5.74, 6) is -1.88. The van der Waals surface area contributed by atoms with Crippen LogP contribution in [0.1, 0.15) is 52.5 Å². The molecule has 0 bridgehead atoms. The van der Waals surface area contributed by atoms with Crippen LogP contribution >= 0.6 is 11.8 Å². The van der Waals surface area contributed by atoms with Gasteiger partial charge in [-0.2, -0.15) is 13.2 Å². The molecule has 3 rings (SSSR count). The van der Waals surface area contributed by atoms with Gasteiger partial charge in [0.05, 0.1) is 11.8 Å². The summed E-state index contributed by atoms with van der Waals surface area (Å²) in [5.41, 5.74) is -1.48. The van der Waals surface area contributed by atoms with Crippen molar-refractivity contribution in [1.29, 1.82) is 0 Å². The number of thioether (sulfide) groups is 1. The van der Waals surface area contributed by atoms with Gasteiger partial charge in [-0.05, 0) is 43.7 Å². The van der Waals surface area contributed by atoms with E-state index in [2.05, 4.69) is 15.3 Å². The van der Waals surface area contributed by atoms with Gasteiger partial charge in [-0.1, -0.05) is 17.8 Å². The summed E-state index contributed by atoms with van der Waals surface area (Å²) >= 11 is 1.38. The summed E-state index contributed by atoms with van der Waals surface area (Å²) in [5, 5.41) is 12.7. The van der Waals surface area contributed by atoms with Gasteiger partial charge in [0.15, 0.2) is 11.0 Å². The van der Waals surface area contributed by atoms with Crippen molar-refractivity contribution in [3.8, 4) is 0 Å². The van der Waals surface area contributed by atoms with Crippen molar-refractivity contribution in [1.82, 2.24) is 14.5 Å². The number of rotatable bonds is 6. The molecule has 11 heteroatoms. The Kier molecular flexibility index (Phi) is 6.89. The molecule has 2 atom stereocenters. The van der Waals surface area contributed by atoms with Gasteiger partial charge >= 0.3 is 6.18 Å². The summed E-state index contributed by atoms with van der Waals surface area (Å²) in [6.07, 6.45) is -2.50. The number of alkyl halides is 3. The molecule has 2 aromatic heterocycles. The molecule has 6 nitrogen and oxygen atoms in total. The van der Waals surface area contributed by atoms with E-state index in [-0.39, 0.29) is 16.5 Å². The summed E-state index contributed by atoms with van der Waals surface area (Å²) in [6.45, 7) is 3.22. The van der Waals surface area contributed by atoms with Crippen LogP contribution in [-0.4, -0.2) is 25.5 Å². The van der Waals surface area contributed by atoms with E-state index >= 15 is 0 Å².